The molecule has 0 aromatic rings. The van der Waals surface area contributed by atoms with Crippen LogP contribution in [0.4, 0.5) is 0 Å². The molecular formula is C79H130O17P2. The molecule has 0 saturated heterocycles. The van der Waals surface area contributed by atoms with Gasteiger partial charge in [0, 0.05) is 19.3 Å². The number of aliphatic hydroxyl groups excluding tert-OH is 1. The molecule has 0 spiro atoms. The van der Waals surface area contributed by atoms with Crippen LogP contribution >= 0.6 is 15.6 Å². The Kier molecular flexibility index (Phi) is 66.7. The van der Waals surface area contributed by atoms with E-state index in [1.54, 1.807) is 6.08 Å². The van der Waals surface area contributed by atoms with Gasteiger partial charge in [0.25, 0.3) is 0 Å². The van der Waals surface area contributed by atoms with Crippen molar-refractivity contribution in [1.82, 2.24) is 0 Å². The van der Waals surface area contributed by atoms with E-state index in [-0.39, 0.29) is 25.7 Å². The minimum Gasteiger partial charge on any atom is -0.462 e. The van der Waals surface area contributed by atoms with E-state index < -0.39 is 97.5 Å². The fraction of sp³-hybridized carbons (Fsp3) is 0.646. The highest BCUT2D eigenvalue weighted by Gasteiger charge is 2.30. The summed E-state index contributed by atoms with van der Waals surface area (Å²) in [5.41, 5.74) is 0. The molecule has 5 unspecified atom stereocenters. The van der Waals surface area contributed by atoms with Gasteiger partial charge >= 0.3 is 39.5 Å². The monoisotopic (exact) mass is 1410 g/mol. The molecule has 0 aromatic carbocycles. The lowest BCUT2D eigenvalue weighted by atomic mass is 10.1. The van der Waals surface area contributed by atoms with Gasteiger partial charge in [-0.25, -0.2) is 9.13 Å². The molecule has 19 heteroatoms. The first-order valence-electron chi connectivity index (χ1n) is 37.1. The molecule has 0 radical (unpaired) electrons. The molecule has 0 saturated carbocycles. The summed E-state index contributed by atoms with van der Waals surface area (Å²) in [4.78, 5) is 72.7. The van der Waals surface area contributed by atoms with Crippen LogP contribution in [-0.2, 0) is 65.4 Å². The number of phosphoric acid groups is 2. The van der Waals surface area contributed by atoms with Crippen LogP contribution in [0.15, 0.2) is 146 Å². The summed E-state index contributed by atoms with van der Waals surface area (Å²) in [6.07, 6.45) is 78.8. The van der Waals surface area contributed by atoms with E-state index in [4.69, 9.17) is 37.0 Å². The van der Waals surface area contributed by atoms with E-state index >= 15 is 0 Å². The number of unbranched alkanes of at least 4 members (excludes halogenated alkanes) is 19. The number of allylic oxidation sites excluding steroid dienone is 23. The van der Waals surface area contributed by atoms with Crippen LogP contribution in [-0.4, -0.2) is 96.7 Å². The third-order valence-electron chi connectivity index (χ3n) is 14.8. The average molecular weight is 1410 g/mol. The Balaban J connectivity index is 5.43. The Hall–Kier alpha value is -5.06. The van der Waals surface area contributed by atoms with Crippen LogP contribution < -0.4 is 0 Å². The van der Waals surface area contributed by atoms with Crippen molar-refractivity contribution in [2.75, 3.05) is 39.6 Å². The standard InChI is InChI=1S/C79H130O17P2/c1-5-9-13-17-21-25-29-32-35-36-39-41-45-48-52-56-60-64-77(82)89-69-74(95-78(83)65-61-57-53-49-43-28-24-20-16-12-8-4)71-93-97(85,86)91-67-73(80)68-92-98(87,88)94-72-75(96-79(84)66-62-58-54-50-46-42-38-34-31-27-23-19-15-11-7-3)70-90-76(81)63-59-55-51-47-44-40-37-33-30-26-22-18-14-10-6-2/h9-11,13-15,21-23,25-27,32-35,37-39,41,44,47,55,59,73-75,80H,5-8,12,16-20,24,28-31,36,40,42-43,45-46,48-54,56-58,60-72H2,1-4H3,(H,85,86)(H,87,88)/b13-9-,14-10-,15-11-,25-21-,26-22-,27-23-,35-32-,37-33-,38-34-,41-39-,47-44-,59-55-. The number of ether oxygens (including phenoxy) is 4. The molecule has 0 aliphatic carbocycles. The van der Waals surface area contributed by atoms with Crippen molar-refractivity contribution >= 4 is 39.5 Å². The molecule has 3 N–H and O–H groups in total. The average Bonchev–Trinajstić information content (AvgIpc) is 0.982. The van der Waals surface area contributed by atoms with Crippen molar-refractivity contribution in [3.05, 3.63) is 146 Å². The van der Waals surface area contributed by atoms with Gasteiger partial charge in [0.05, 0.1) is 32.8 Å². The fourth-order valence-electron chi connectivity index (χ4n) is 9.30. The van der Waals surface area contributed by atoms with Crippen LogP contribution in [0.1, 0.15) is 272 Å². The van der Waals surface area contributed by atoms with Crippen molar-refractivity contribution in [3.63, 3.8) is 0 Å². The maximum Gasteiger partial charge on any atom is 0.472 e. The van der Waals surface area contributed by atoms with Crippen molar-refractivity contribution in [2.45, 2.75) is 290 Å². The summed E-state index contributed by atoms with van der Waals surface area (Å²) in [6.45, 7) is 4.34. The lowest BCUT2D eigenvalue weighted by Crippen LogP contribution is -2.30. The molecule has 0 bridgehead atoms. The quantitative estimate of drug-likeness (QED) is 0.0169. The Labute approximate surface area is 592 Å². The number of carbonyl (C=O) groups excluding carboxylic acids is 4. The normalized spacial score (nSPS) is 14.8. The summed E-state index contributed by atoms with van der Waals surface area (Å²) in [7, 11) is -9.99. The zero-order valence-electron chi connectivity index (χ0n) is 60.7. The van der Waals surface area contributed by atoms with Crippen molar-refractivity contribution in [2.24, 2.45) is 0 Å². The number of hydrogen-bond donors (Lipinski definition) is 3. The summed E-state index contributed by atoms with van der Waals surface area (Å²) in [5, 5.41) is 10.6. The Morgan fingerprint density at radius 3 is 0.908 bits per heavy atom. The van der Waals surface area contributed by atoms with Crippen molar-refractivity contribution < 1.29 is 80.2 Å². The zero-order chi connectivity index (χ0) is 71.8. The second kappa shape index (κ2) is 70.4. The van der Waals surface area contributed by atoms with Gasteiger partial charge in [-0.05, 0) is 122 Å². The first-order chi connectivity index (χ1) is 47.7. The molecule has 0 aliphatic heterocycles. The number of hydrogen-bond acceptors (Lipinski definition) is 15. The number of aliphatic hydroxyl groups is 1. The lowest BCUT2D eigenvalue weighted by Gasteiger charge is -2.21. The second-order valence-electron chi connectivity index (χ2n) is 24.1. The minimum absolute atomic E-state index is 0.0517. The van der Waals surface area contributed by atoms with Gasteiger partial charge in [0.1, 0.15) is 19.3 Å². The summed E-state index contributed by atoms with van der Waals surface area (Å²) in [5.74, 6) is -2.38. The van der Waals surface area contributed by atoms with Crippen LogP contribution in [0, 0.1) is 0 Å². The third kappa shape index (κ3) is 69.4. The van der Waals surface area contributed by atoms with Gasteiger partial charge in [-0.1, -0.05) is 270 Å². The molecule has 0 aliphatic rings. The Morgan fingerprint density at radius 2 is 0.571 bits per heavy atom. The van der Waals surface area contributed by atoms with Gasteiger partial charge in [-0.3, -0.25) is 37.3 Å². The molecule has 5 atom stereocenters. The number of phosphoric ester groups is 2. The van der Waals surface area contributed by atoms with Crippen LogP contribution in [0.25, 0.3) is 0 Å². The molecule has 98 heavy (non-hydrogen) atoms. The Bertz CT molecular complexity index is 2430. The number of carbonyl (C=O) groups is 4. The van der Waals surface area contributed by atoms with Crippen LogP contribution in [0.2, 0.25) is 0 Å². The molecule has 17 nitrogen and oxygen atoms in total. The van der Waals surface area contributed by atoms with Gasteiger partial charge in [-0.15, -0.1) is 0 Å². The van der Waals surface area contributed by atoms with E-state index in [9.17, 15) is 43.2 Å². The largest absolute Gasteiger partial charge is 0.472 e. The third-order valence-corrected chi connectivity index (χ3v) is 16.7. The molecule has 0 fully saturated rings. The molecule has 0 rings (SSSR count). The highest BCUT2D eigenvalue weighted by atomic mass is 31.2. The maximum atomic E-state index is 13.1. The zero-order valence-corrected chi connectivity index (χ0v) is 62.4. The first-order valence-corrected chi connectivity index (χ1v) is 40.1. The SMILES string of the molecule is CC/C=C\C/C=C\C/C=C\C/C=C\C/C=C\CC(=O)OCC(COP(=O)(O)OCC(O)COP(=O)(O)OCC(COC(=O)CCCCCC/C=C\C/C=C\C/C=C\C/C=C\CC)OC(=O)CCCCCCCCCCCCC)OC(=O)CCCCCCC/C=C\C/C=C\C/C=C\CC. The van der Waals surface area contributed by atoms with E-state index in [1.165, 1.54) is 38.5 Å². The lowest BCUT2D eigenvalue weighted by molar-refractivity contribution is -0.161. The van der Waals surface area contributed by atoms with Gasteiger partial charge < -0.3 is 33.8 Å². The minimum atomic E-state index is -5.00. The van der Waals surface area contributed by atoms with Crippen LogP contribution in [0.3, 0.4) is 0 Å². The van der Waals surface area contributed by atoms with E-state index in [0.29, 0.717) is 25.7 Å². The van der Waals surface area contributed by atoms with Crippen molar-refractivity contribution in [3.8, 4) is 0 Å². The van der Waals surface area contributed by atoms with Crippen molar-refractivity contribution in [1.29, 1.82) is 0 Å². The maximum absolute atomic E-state index is 13.1. The van der Waals surface area contributed by atoms with Gasteiger partial charge in [-0.2, -0.15) is 0 Å². The molecule has 0 amide bonds. The molecule has 558 valence electrons. The highest BCUT2D eigenvalue weighted by molar-refractivity contribution is 7.47. The van der Waals surface area contributed by atoms with Crippen LogP contribution in [0.5, 0.6) is 0 Å². The number of rotatable bonds is 68. The second-order valence-corrected chi connectivity index (χ2v) is 27.0. The molecule has 0 heterocycles. The Morgan fingerprint density at radius 1 is 0.306 bits per heavy atom. The molecular weight excluding hydrogens is 1280 g/mol. The van der Waals surface area contributed by atoms with E-state index in [0.717, 1.165) is 154 Å². The molecule has 0 aromatic heterocycles. The van der Waals surface area contributed by atoms with E-state index in [1.807, 2.05) is 18.2 Å². The summed E-state index contributed by atoms with van der Waals surface area (Å²) >= 11 is 0. The van der Waals surface area contributed by atoms with Gasteiger partial charge in [0.15, 0.2) is 12.2 Å². The first kappa shape index (κ1) is 92.9. The van der Waals surface area contributed by atoms with Gasteiger partial charge in [0.2, 0.25) is 0 Å². The number of esters is 4. The smallest absolute Gasteiger partial charge is 0.462 e. The summed E-state index contributed by atoms with van der Waals surface area (Å²) in [6, 6.07) is 0. The topological polar surface area (TPSA) is 237 Å². The van der Waals surface area contributed by atoms with E-state index in [2.05, 4.69) is 149 Å². The highest BCUT2D eigenvalue weighted by Crippen LogP contribution is 2.45. The predicted octanol–water partition coefficient (Wildman–Crippen LogP) is 21.1. The fourth-order valence-corrected chi connectivity index (χ4v) is 10.9. The summed E-state index contributed by atoms with van der Waals surface area (Å²) < 4.78 is 68.2. The predicted molar refractivity (Wildman–Crippen MR) is 399 cm³/mol.